The van der Waals surface area contributed by atoms with Gasteiger partial charge < -0.3 is 0 Å². The van der Waals surface area contributed by atoms with Crippen molar-refractivity contribution in [3.05, 3.63) is 0 Å². The molecule has 0 aromatic heterocycles. The van der Waals surface area contributed by atoms with Crippen LogP contribution in [0.4, 0.5) is 8.78 Å². The van der Waals surface area contributed by atoms with Crippen molar-refractivity contribution in [1.82, 2.24) is 0 Å². The van der Waals surface area contributed by atoms with Crippen LogP contribution in [0.3, 0.4) is 0 Å². The molecule has 0 saturated heterocycles. The van der Waals surface area contributed by atoms with Gasteiger partial charge in [0, 0.05) is 0 Å². The van der Waals surface area contributed by atoms with E-state index in [0.29, 0.717) is 12.8 Å². The van der Waals surface area contributed by atoms with Crippen molar-refractivity contribution in [1.29, 1.82) is 0 Å². The van der Waals surface area contributed by atoms with Crippen LogP contribution in [0, 0.1) is 0 Å². The summed E-state index contributed by atoms with van der Waals surface area (Å²) in [5.74, 6) is -1.79. The third kappa shape index (κ3) is 10.6. The highest BCUT2D eigenvalue weighted by Gasteiger charge is 2.13. The minimum Gasteiger partial charge on any atom is -0.243 e. The molecule has 15 heavy (non-hydrogen) atoms. The number of hydrogen-bond acceptors (Lipinski definition) is 0. The minimum atomic E-state index is -0.895. The van der Waals surface area contributed by atoms with Crippen molar-refractivity contribution >= 4 is 8.58 Å². The van der Waals surface area contributed by atoms with Gasteiger partial charge in [0.15, 0.2) is 0 Å². The predicted molar refractivity (Wildman–Crippen MR) is 66.4 cm³/mol. The lowest BCUT2D eigenvalue weighted by molar-refractivity contribution is 0.375. The van der Waals surface area contributed by atoms with E-state index in [-0.39, 0.29) is 8.58 Å². The topological polar surface area (TPSA) is 0 Å². The number of halogens is 2. The molecule has 0 aliphatic rings. The second-order valence-corrected chi connectivity index (χ2v) is 5.68. The Morgan fingerprint density at radius 2 is 1.20 bits per heavy atom. The molecule has 3 heteroatoms. The molecule has 0 spiro atoms. The zero-order chi connectivity index (χ0) is 11.5. The molecule has 0 fully saturated rings. The van der Waals surface area contributed by atoms with Gasteiger partial charge in [0.2, 0.25) is 0 Å². The van der Waals surface area contributed by atoms with Gasteiger partial charge in [-0.3, -0.25) is 0 Å². The smallest absolute Gasteiger partial charge is 0.119 e. The van der Waals surface area contributed by atoms with E-state index in [4.69, 9.17) is 0 Å². The van der Waals surface area contributed by atoms with Crippen molar-refractivity contribution < 1.29 is 8.78 Å². The summed E-state index contributed by atoms with van der Waals surface area (Å²) < 4.78 is 26.5. The Labute approximate surface area is 95.0 Å². The summed E-state index contributed by atoms with van der Waals surface area (Å²) in [6.07, 6.45) is 7.27. The first kappa shape index (κ1) is 15.3. The van der Waals surface area contributed by atoms with Gasteiger partial charge in [-0.1, -0.05) is 52.4 Å². The fourth-order valence-electron chi connectivity index (χ4n) is 1.51. The van der Waals surface area contributed by atoms with E-state index in [1.807, 2.05) is 0 Å². The lowest BCUT2D eigenvalue weighted by atomic mass is 10.2. The molecule has 2 atom stereocenters. The highest BCUT2D eigenvalue weighted by Crippen LogP contribution is 2.34. The first-order valence-corrected chi connectivity index (χ1v) is 7.40. The van der Waals surface area contributed by atoms with Crippen LogP contribution >= 0.6 is 8.58 Å². The molecule has 0 aromatic carbocycles. The van der Waals surface area contributed by atoms with Crippen LogP contribution in [0.15, 0.2) is 0 Å². The summed E-state index contributed by atoms with van der Waals surface area (Å²) in [7, 11) is -0.131. The summed E-state index contributed by atoms with van der Waals surface area (Å²) in [5.41, 5.74) is 0. The summed E-state index contributed by atoms with van der Waals surface area (Å²) in [6.45, 7) is 4.19. The standard InChI is InChI=1S/C12H25F2P/c1-3-5-7-9-11(13)15-12(14)10-8-6-4-2/h11-12,15H,3-10H2,1-2H3. The van der Waals surface area contributed by atoms with Crippen LogP contribution in [0.25, 0.3) is 0 Å². The van der Waals surface area contributed by atoms with Gasteiger partial charge in [0.25, 0.3) is 0 Å². The highest BCUT2D eigenvalue weighted by molar-refractivity contribution is 7.39. The Kier molecular flexibility index (Phi) is 11.0. The highest BCUT2D eigenvalue weighted by atomic mass is 31.1. The Hall–Kier alpha value is 0.290. The molecule has 0 rings (SSSR count). The van der Waals surface area contributed by atoms with E-state index in [1.165, 1.54) is 0 Å². The Morgan fingerprint density at radius 3 is 1.53 bits per heavy atom. The van der Waals surface area contributed by atoms with E-state index in [0.717, 1.165) is 38.5 Å². The van der Waals surface area contributed by atoms with E-state index in [2.05, 4.69) is 13.8 Å². The van der Waals surface area contributed by atoms with Crippen molar-refractivity contribution in [2.45, 2.75) is 77.0 Å². The Balaban J connectivity index is 3.35. The lowest BCUT2D eigenvalue weighted by Gasteiger charge is -2.11. The molecule has 0 aliphatic carbocycles. The number of hydrogen-bond donors (Lipinski definition) is 0. The van der Waals surface area contributed by atoms with Gasteiger partial charge in [-0.05, 0) is 21.4 Å². The van der Waals surface area contributed by atoms with E-state index in [1.54, 1.807) is 0 Å². The maximum atomic E-state index is 13.3. The van der Waals surface area contributed by atoms with Gasteiger partial charge in [-0.25, -0.2) is 8.78 Å². The number of alkyl halides is 2. The summed E-state index contributed by atoms with van der Waals surface area (Å²) in [4.78, 5) is 0. The zero-order valence-corrected chi connectivity index (χ0v) is 11.1. The second-order valence-electron chi connectivity index (χ2n) is 4.09. The second kappa shape index (κ2) is 10.8. The van der Waals surface area contributed by atoms with E-state index < -0.39 is 11.8 Å². The van der Waals surface area contributed by atoms with Crippen LogP contribution in [-0.2, 0) is 0 Å². The van der Waals surface area contributed by atoms with Gasteiger partial charge in [-0.15, -0.1) is 0 Å². The van der Waals surface area contributed by atoms with Gasteiger partial charge in [-0.2, -0.15) is 0 Å². The van der Waals surface area contributed by atoms with Crippen molar-refractivity contribution in [2.24, 2.45) is 0 Å². The lowest BCUT2D eigenvalue weighted by Crippen LogP contribution is -2.00. The largest absolute Gasteiger partial charge is 0.243 e. The van der Waals surface area contributed by atoms with Crippen molar-refractivity contribution in [3.8, 4) is 0 Å². The molecular formula is C12H25F2P. The van der Waals surface area contributed by atoms with Crippen LogP contribution in [0.5, 0.6) is 0 Å². The van der Waals surface area contributed by atoms with Gasteiger partial charge >= 0.3 is 0 Å². The van der Waals surface area contributed by atoms with Gasteiger partial charge in [0.1, 0.15) is 11.8 Å². The van der Waals surface area contributed by atoms with Crippen molar-refractivity contribution in [3.63, 3.8) is 0 Å². The quantitative estimate of drug-likeness (QED) is 0.352. The third-order valence-electron chi connectivity index (χ3n) is 2.48. The predicted octanol–water partition coefficient (Wildman–Crippen LogP) is 5.42. The maximum absolute atomic E-state index is 13.3. The zero-order valence-electron chi connectivity index (χ0n) is 10.1. The molecular weight excluding hydrogens is 213 g/mol. The number of rotatable bonds is 10. The molecule has 0 amide bonds. The van der Waals surface area contributed by atoms with Crippen LogP contribution in [0.2, 0.25) is 0 Å². The van der Waals surface area contributed by atoms with Crippen molar-refractivity contribution in [2.75, 3.05) is 0 Å². The molecule has 0 heterocycles. The third-order valence-corrected chi connectivity index (χ3v) is 3.78. The monoisotopic (exact) mass is 238 g/mol. The molecule has 0 N–H and O–H groups in total. The Bertz CT molecular complexity index is 117. The minimum absolute atomic E-state index is 0.131. The Morgan fingerprint density at radius 1 is 0.800 bits per heavy atom. The molecule has 2 unspecified atom stereocenters. The van der Waals surface area contributed by atoms with E-state index in [9.17, 15) is 8.78 Å². The van der Waals surface area contributed by atoms with Crippen LogP contribution < -0.4 is 0 Å². The molecule has 0 aliphatic heterocycles. The first-order chi connectivity index (χ1) is 7.20. The van der Waals surface area contributed by atoms with Gasteiger partial charge in [0.05, 0.1) is 0 Å². The average molecular weight is 238 g/mol. The summed E-state index contributed by atoms with van der Waals surface area (Å²) in [5, 5.41) is 0. The first-order valence-electron chi connectivity index (χ1n) is 6.24. The fraction of sp³-hybridized carbons (Fsp3) is 1.00. The summed E-state index contributed by atoms with van der Waals surface area (Å²) in [6, 6.07) is 0. The molecule has 92 valence electrons. The van der Waals surface area contributed by atoms with Crippen LogP contribution in [0.1, 0.15) is 65.2 Å². The molecule has 0 saturated carbocycles. The van der Waals surface area contributed by atoms with Crippen LogP contribution in [-0.4, -0.2) is 11.8 Å². The maximum Gasteiger partial charge on any atom is 0.119 e. The summed E-state index contributed by atoms with van der Waals surface area (Å²) >= 11 is 0. The number of unbranched alkanes of at least 4 members (excludes halogenated alkanes) is 4. The molecule has 0 bridgehead atoms. The normalized spacial score (nSPS) is 16.0. The SMILES string of the molecule is CCCCCC(F)PC(F)CCCCC. The molecule has 0 nitrogen and oxygen atoms in total. The average Bonchev–Trinajstić information content (AvgIpc) is 2.18. The fourth-order valence-corrected chi connectivity index (χ4v) is 2.64. The van der Waals surface area contributed by atoms with E-state index >= 15 is 0 Å². The molecule has 0 radical (unpaired) electrons. The molecule has 0 aromatic rings.